The molecule has 0 saturated heterocycles. The molecule has 0 atom stereocenters. The largest absolute Gasteiger partial charge is 0.478 e. The van der Waals surface area contributed by atoms with Crippen LogP contribution in [-0.2, 0) is 13.1 Å². The summed E-state index contributed by atoms with van der Waals surface area (Å²) >= 11 is 0. The standard InChI is InChI=1S/C15H16N4O2/c1-11-17-13-9-12(15(20)21)3-4-14(13)19(11)7-2-6-18-8-5-16-10-18/h3-5,8-10H,2,6-7H2,1H3,(H,20,21). The molecule has 1 N–H and O–H groups in total. The highest BCUT2D eigenvalue weighted by Gasteiger charge is 2.10. The molecule has 108 valence electrons. The molecule has 0 unspecified atom stereocenters. The lowest BCUT2D eigenvalue weighted by molar-refractivity contribution is 0.0697. The molecule has 0 spiro atoms. The molecule has 3 aromatic rings. The second-order valence-electron chi connectivity index (χ2n) is 4.97. The Morgan fingerprint density at radius 1 is 1.33 bits per heavy atom. The Bertz CT molecular complexity index is 774. The second-order valence-corrected chi connectivity index (χ2v) is 4.97. The number of carbonyl (C=O) groups is 1. The fourth-order valence-electron chi connectivity index (χ4n) is 2.50. The number of fused-ring (bicyclic) bond motifs is 1. The SMILES string of the molecule is Cc1nc2cc(C(=O)O)ccc2n1CCCn1ccnc1. The molecule has 0 saturated carbocycles. The fraction of sp³-hybridized carbons (Fsp3) is 0.267. The highest BCUT2D eigenvalue weighted by Crippen LogP contribution is 2.18. The van der Waals surface area contributed by atoms with Crippen molar-refractivity contribution < 1.29 is 9.90 Å². The minimum Gasteiger partial charge on any atom is -0.478 e. The van der Waals surface area contributed by atoms with Crippen molar-refractivity contribution in [1.29, 1.82) is 0 Å². The minimum absolute atomic E-state index is 0.269. The van der Waals surface area contributed by atoms with E-state index in [1.165, 1.54) is 0 Å². The van der Waals surface area contributed by atoms with Crippen LogP contribution in [0.1, 0.15) is 22.6 Å². The predicted molar refractivity (Wildman–Crippen MR) is 78.3 cm³/mol. The molecule has 0 radical (unpaired) electrons. The van der Waals surface area contributed by atoms with E-state index in [1.807, 2.05) is 23.8 Å². The van der Waals surface area contributed by atoms with Crippen molar-refractivity contribution in [2.45, 2.75) is 26.4 Å². The predicted octanol–water partition coefficient (Wildman–Crippen LogP) is 2.33. The summed E-state index contributed by atoms with van der Waals surface area (Å²) < 4.78 is 4.16. The molecule has 0 aliphatic heterocycles. The van der Waals surface area contributed by atoms with E-state index in [0.29, 0.717) is 0 Å². The third-order valence-electron chi connectivity index (χ3n) is 3.54. The van der Waals surface area contributed by atoms with Gasteiger partial charge in [0.2, 0.25) is 0 Å². The maximum atomic E-state index is 11.0. The van der Waals surface area contributed by atoms with Gasteiger partial charge in [0.05, 0.1) is 22.9 Å². The van der Waals surface area contributed by atoms with Crippen molar-refractivity contribution >= 4 is 17.0 Å². The Balaban J connectivity index is 1.81. The van der Waals surface area contributed by atoms with Crippen LogP contribution in [0.25, 0.3) is 11.0 Å². The van der Waals surface area contributed by atoms with Crippen molar-refractivity contribution in [3.63, 3.8) is 0 Å². The zero-order valence-electron chi connectivity index (χ0n) is 11.7. The van der Waals surface area contributed by atoms with Gasteiger partial charge in [-0.2, -0.15) is 0 Å². The van der Waals surface area contributed by atoms with Gasteiger partial charge >= 0.3 is 5.97 Å². The van der Waals surface area contributed by atoms with Gasteiger partial charge in [-0.1, -0.05) is 0 Å². The molecule has 3 rings (SSSR count). The molecule has 6 heteroatoms. The first kappa shape index (κ1) is 13.4. The Morgan fingerprint density at radius 2 is 2.19 bits per heavy atom. The molecule has 0 aliphatic rings. The van der Waals surface area contributed by atoms with Crippen molar-refractivity contribution in [2.24, 2.45) is 0 Å². The van der Waals surface area contributed by atoms with Gasteiger partial charge in [0, 0.05) is 25.5 Å². The van der Waals surface area contributed by atoms with Gasteiger partial charge in [-0.3, -0.25) is 0 Å². The Kier molecular flexibility index (Phi) is 3.43. The second kappa shape index (κ2) is 5.40. The van der Waals surface area contributed by atoms with Gasteiger partial charge in [0.15, 0.2) is 0 Å². The van der Waals surface area contributed by atoms with E-state index >= 15 is 0 Å². The molecule has 2 aromatic heterocycles. The summed E-state index contributed by atoms with van der Waals surface area (Å²) in [6.45, 7) is 3.68. The average molecular weight is 284 g/mol. The zero-order chi connectivity index (χ0) is 14.8. The van der Waals surface area contributed by atoms with Gasteiger partial charge in [0.1, 0.15) is 5.82 Å². The first-order valence-corrected chi connectivity index (χ1v) is 6.81. The van der Waals surface area contributed by atoms with Gasteiger partial charge in [0.25, 0.3) is 0 Å². The quantitative estimate of drug-likeness (QED) is 0.780. The normalized spacial score (nSPS) is 11.1. The number of hydrogen-bond acceptors (Lipinski definition) is 3. The molecular formula is C15H16N4O2. The number of imidazole rings is 2. The summed E-state index contributed by atoms with van der Waals surface area (Å²) in [4.78, 5) is 19.5. The lowest BCUT2D eigenvalue weighted by Crippen LogP contribution is -2.04. The van der Waals surface area contributed by atoms with Gasteiger partial charge in [-0.25, -0.2) is 14.8 Å². The fourth-order valence-corrected chi connectivity index (χ4v) is 2.50. The molecule has 0 amide bonds. The van der Waals surface area contributed by atoms with E-state index in [1.54, 1.807) is 24.7 Å². The van der Waals surface area contributed by atoms with Crippen LogP contribution in [0.4, 0.5) is 0 Å². The molecular weight excluding hydrogens is 268 g/mol. The van der Waals surface area contributed by atoms with Gasteiger partial charge in [-0.15, -0.1) is 0 Å². The molecule has 0 bridgehead atoms. The number of carboxylic acid groups (broad SMARTS) is 1. The lowest BCUT2D eigenvalue weighted by Gasteiger charge is -2.07. The summed E-state index contributed by atoms with van der Waals surface area (Å²) in [5, 5.41) is 9.02. The van der Waals surface area contributed by atoms with E-state index in [9.17, 15) is 4.79 Å². The smallest absolute Gasteiger partial charge is 0.335 e. The van der Waals surface area contributed by atoms with E-state index in [4.69, 9.17) is 5.11 Å². The maximum Gasteiger partial charge on any atom is 0.335 e. The van der Waals surface area contributed by atoms with Crippen molar-refractivity contribution in [3.8, 4) is 0 Å². The summed E-state index contributed by atoms with van der Waals surface area (Å²) in [7, 11) is 0. The maximum absolute atomic E-state index is 11.0. The van der Waals surface area contributed by atoms with Crippen LogP contribution in [0.5, 0.6) is 0 Å². The van der Waals surface area contributed by atoms with Gasteiger partial charge < -0.3 is 14.2 Å². The lowest BCUT2D eigenvalue weighted by atomic mass is 10.2. The number of benzene rings is 1. The van der Waals surface area contributed by atoms with E-state index < -0.39 is 5.97 Å². The summed E-state index contributed by atoms with van der Waals surface area (Å²) in [6, 6.07) is 5.07. The molecule has 1 aromatic carbocycles. The Morgan fingerprint density at radius 3 is 2.90 bits per heavy atom. The molecule has 21 heavy (non-hydrogen) atoms. The average Bonchev–Trinajstić information content (AvgIpc) is 3.06. The summed E-state index contributed by atoms with van der Waals surface area (Å²) in [5.41, 5.74) is 1.98. The van der Waals surface area contributed by atoms with Crippen LogP contribution in [0.15, 0.2) is 36.9 Å². The van der Waals surface area contributed by atoms with Crippen molar-refractivity contribution in [3.05, 3.63) is 48.3 Å². The van der Waals surface area contributed by atoms with Crippen LogP contribution in [0, 0.1) is 6.92 Å². The number of carboxylic acids is 1. The third kappa shape index (κ3) is 2.65. The minimum atomic E-state index is -0.927. The molecule has 2 heterocycles. The summed E-state index contributed by atoms with van der Waals surface area (Å²) in [6.07, 6.45) is 6.48. The van der Waals surface area contributed by atoms with E-state index in [0.717, 1.165) is 36.4 Å². The van der Waals surface area contributed by atoms with Gasteiger partial charge in [-0.05, 0) is 31.5 Å². The van der Waals surface area contributed by atoms with Crippen LogP contribution in [-0.4, -0.2) is 30.2 Å². The Labute approximate surface area is 121 Å². The molecule has 0 aliphatic carbocycles. The van der Waals surface area contributed by atoms with E-state index in [2.05, 4.69) is 14.5 Å². The van der Waals surface area contributed by atoms with E-state index in [-0.39, 0.29) is 5.56 Å². The first-order valence-electron chi connectivity index (χ1n) is 6.81. The van der Waals surface area contributed by atoms with Crippen molar-refractivity contribution in [2.75, 3.05) is 0 Å². The number of aryl methyl sites for hydroxylation is 3. The Hall–Kier alpha value is -2.63. The molecule has 0 fully saturated rings. The number of nitrogens with zero attached hydrogens (tertiary/aromatic N) is 4. The van der Waals surface area contributed by atoms with Crippen LogP contribution < -0.4 is 0 Å². The number of hydrogen-bond donors (Lipinski definition) is 1. The number of aromatic nitrogens is 4. The highest BCUT2D eigenvalue weighted by atomic mass is 16.4. The van der Waals surface area contributed by atoms with Crippen molar-refractivity contribution in [1.82, 2.24) is 19.1 Å². The number of aromatic carboxylic acids is 1. The summed E-state index contributed by atoms with van der Waals surface area (Å²) in [5.74, 6) is -0.0256. The topological polar surface area (TPSA) is 72.9 Å². The monoisotopic (exact) mass is 284 g/mol. The third-order valence-corrected chi connectivity index (χ3v) is 3.54. The highest BCUT2D eigenvalue weighted by molar-refractivity contribution is 5.92. The first-order chi connectivity index (χ1) is 10.1. The number of rotatable bonds is 5. The zero-order valence-corrected chi connectivity index (χ0v) is 11.7. The molecule has 6 nitrogen and oxygen atoms in total. The van der Waals surface area contributed by atoms with Crippen LogP contribution in [0.3, 0.4) is 0 Å². The van der Waals surface area contributed by atoms with Crippen LogP contribution in [0.2, 0.25) is 0 Å². The van der Waals surface area contributed by atoms with Crippen LogP contribution >= 0.6 is 0 Å².